The Labute approximate surface area is 168 Å². The Kier molecular flexibility index (Phi) is 3.88. The fourth-order valence-electron chi connectivity index (χ4n) is 3.33. The number of hydrogen-bond acceptors (Lipinski definition) is 6. The van der Waals surface area contributed by atoms with Crippen LogP contribution in [0, 0.1) is 10.1 Å². The third-order valence-electron chi connectivity index (χ3n) is 4.66. The van der Waals surface area contributed by atoms with Crippen LogP contribution >= 0.6 is 11.6 Å². The number of halogens is 1. The van der Waals surface area contributed by atoms with Gasteiger partial charge >= 0.3 is 0 Å². The summed E-state index contributed by atoms with van der Waals surface area (Å²) in [7, 11) is 0. The number of benzene rings is 2. The summed E-state index contributed by atoms with van der Waals surface area (Å²) in [6, 6.07) is 8.71. The second kappa shape index (κ2) is 6.57. The van der Waals surface area contributed by atoms with Crippen molar-refractivity contribution >= 4 is 45.3 Å². The van der Waals surface area contributed by atoms with E-state index in [-0.39, 0.29) is 5.69 Å². The fraction of sp³-hybridized carbons (Fsp3) is 0. The maximum Gasteiger partial charge on any atom is 0.295 e. The van der Waals surface area contributed by atoms with Gasteiger partial charge in [-0.05, 0) is 6.07 Å². The van der Waals surface area contributed by atoms with Gasteiger partial charge in [-0.25, -0.2) is 9.98 Å². The minimum atomic E-state index is -0.445. The summed E-state index contributed by atoms with van der Waals surface area (Å²) in [6.07, 6.45) is 6.47. The predicted molar refractivity (Wildman–Crippen MR) is 110 cm³/mol. The summed E-state index contributed by atoms with van der Waals surface area (Å²) < 4.78 is 0. The van der Waals surface area contributed by atoms with Crippen LogP contribution < -0.4 is 5.32 Å². The first-order valence-electron chi connectivity index (χ1n) is 8.57. The first-order chi connectivity index (χ1) is 14.1. The zero-order valence-corrected chi connectivity index (χ0v) is 15.4. The minimum Gasteiger partial charge on any atom is -0.359 e. The van der Waals surface area contributed by atoms with Gasteiger partial charge in [0.2, 0.25) is 0 Å². The van der Waals surface area contributed by atoms with Crippen LogP contribution in [0.25, 0.3) is 16.6 Å². The molecule has 2 aromatic heterocycles. The van der Waals surface area contributed by atoms with Crippen LogP contribution in [-0.2, 0) is 0 Å². The van der Waals surface area contributed by atoms with E-state index in [1.807, 2.05) is 18.2 Å². The molecule has 3 N–H and O–H groups in total. The van der Waals surface area contributed by atoms with Crippen molar-refractivity contribution in [2.24, 2.45) is 4.99 Å². The summed E-state index contributed by atoms with van der Waals surface area (Å²) in [6.45, 7) is 0. The van der Waals surface area contributed by atoms with Crippen molar-refractivity contribution in [1.82, 2.24) is 20.2 Å². The lowest BCUT2D eigenvalue weighted by Crippen LogP contribution is -2.07. The smallest absolute Gasteiger partial charge is 0.295 e. The molecule has 0 atom stereocenters. The second-order valence-electron chi connectivity index (χ2n) is 6.31. The number of anilines is 1. The number of fused-ring (bicyclic) bond motifs is 3. The number of nitrogens with zero attached hydrogens (tertiary/aromatic N) is 4. The van der Waals surface area contributed by atoms with Gasteiger partial charge in [-0.15, -0.1) is 0 Å². The molecule has 0 saturated carbocycles. The normalized spacial score (nSPS) is 13.3. The van der Waals surface area contributed by atoms with E-state index in [1.165, 1.54) is 6.07 Å². The molecular weight excluding hydrogens is 394 g/mol. The Hall–Kier alpha value is -3.98. The standard InChI is InChI=1S/C19H12ClN7O2/c20-13-4-2-1-3-10(13)18-11-5-16(27(28)29)19-12(6-24-26-19)17(11)22-8-15(25-18)14-7-21-9-23-14/h1-9,22H,(H,21,23)(H,24,26). The number of nitro benzene ring substituents is 1. The van der Waals surface area contributed by atoms with Crippen molar-refractivity contribution in [3.8, 4) is 0 Å². The van der Waals surface area contributed by atoms with Crippen LogP contribution in [0.5, 0.6) is 0 Å². The number of H-pyrrole nitrogens is 2. The number of aromatic nitrogens is 4. The monoisotopic (exact) mass is 405 g/mol. The number of nitro groups is 1. The largest absolute Gasteiger partial charge is 0.359 e. The molecule has 5 rings (SSSR count). The number of imidazole rings is 1. The number of hydrogen-bond donors (Lipinski definition) is 3. The molecule has 4 aromatic rings. The number of rotatable bonds is 3. The average molecular weight is 406 g/mol. The highest BCUT2D eigenvalue weighted by atomic mass is 35.5. The molecule has 1 aliphatic rings. The molecule has 0 fully saturated rings. The van der Waals surface area contributed by atoms with Gasteiger partial charge in [0.05, 0.1) is 46.1 Å². The molecule has 2 aromatic carbocycles. The summed E-state index contributed by atoms with van der Waals surface area (Å²) in [5.41, 5.74) is 3.85. The van der Waals surface area contributed by atoms with Gasteiger partial charge in [-0.3, -0.25) is 15.2 Å². The van der Waals surface area contributed by atoms with Crippen LogP contribution in [0.2, 0.25) is 5.02 Å². The fourth-order valence-corrected chi connectivity index (χ4v) is 3.55. The van der Waals surface area contributed by atoms with E-state index in [0.717, 1.165) is 0 Å². The Morgan fingerprint density at radius 2 is 2.00 bits per heavy atom. The summed E-state index contributed by atoms with van der Waals surface area (Å²) in [4.78, 5) is 23.1. The zero-order valence-electron chi connectivity index (χ0n) is 14.7. The van der Waals surface area contributed by atoms with E-state index in [1.54, 1.807) is 31.0 Å². The van der Waals surface area contributed by atoms with Gasteiger partial charge in [-0.1, -0.05) is 29.8 Å². The number of aromatic amines is 2. The van der Waals surface area contributed by atoms with Crippen LogP contribution in [0.15, 0.2) is 60.2 Å². The quantitative estimate of drug-likeness (QED) is 0.349. The molecule has 0 bridgehead atoms. The Balaban J connectivity index is 1.85. The summed E-state index contributed by atoms with van der Waals surface area (Å²) in [5, 5.41) is 22.7. The molecule has 3 heterocycles. The van der Waals surface area contributed by atoms with Crippen molar-refractivity contribution in [1.29, 1.82) is 0 Å². The van der Waals surface area contributed by atoms with E-state index < -0.39 is 4.92 Å². The lowest BCUT2D eigenvalue weighted by Gasteiger charge is -2.12. The van der Waals surface area contributed by atoms with Gasteiger partial charge < -0.3 is 10.3 Å². The predicted octanol–water partition coefficient (Wildman–Crippen LogP) is 4.11. The molecule has 1 aliphatic heterocycles. The third kappa shape index (κ3) is 2.75. The molecule has 0 unspecified atom stereocenters. The van der Waals surface area contributed by atoms with E-state index in [4.69, 9.17) is 16.6 Å². The molecule has 0 saturated heterocycles. The topological polar surface area (TPSA) is 125 Å². The maximum atomic E-state index is 11.7. The van der Waals surface area contributed by atoms with Crippen LogP contribution in [0.3, 0.4) is 0 Å². The number of non-ortho nitro benzene ring substituents is 1. The summed E-state index contributed by atoms with van der Waals surface area (Å²) in [5.74, 6) is 0. The molecule has 142 valence electrons. The van der Waals surface area contributed by atoms with Crippen LogP contribution in [0.4, 0.5) is 11.4 Å². The molecule has 0 aliphatic carbocycles. The molecule has 29 heavy (non-hydrogen) atoms. The highest BCUT2D eigenvalue weighted by Crippen LogP contribution is 2.38. The minimum absolute atomic E-state index is 0.0946. The molecule has 0 spiro atoms. The molecule has 10 heteroatoms. The Morgan fingerprint density at radius 1 is 1.14 bits per heavy atom. The van der Waals surface area contributed by atoms with Gasteiger partial charge in [0.15, 0.2) is 0 Å². The van der Waals surface area contributed by atoms with Crippen LogP contribution in [0.1, 0.15) is 16.8 Å². The lowest BCUT2D eigenvalue weighted by atomic mass is 9.97. The lowest BCUT2D eigenvalue weighted by molar-refractivity contribution is -0.383. The zero-order chi connectivity index (χ0) is 20.0. The molecule has 0 amide bonds. The van der Waals surface area contributed by atoms with Crippen molar-refractivity contribution in [3.05, 3.63) is 87.2 Å². The molecule has 9 nitrogen and oxygen atoms in total. The number of nitrogens with one attached hydrogen (secondary N) is 3. The molecular formula is C19H12ClN7O2. The Morgan fingerprint density at radius 3 is 2.76 bits per heavy atom. The first kappa shape index (κ1) is 17.1. The maximum absolute atomic E-state index is 11.7. The highest BCUT2D eigenvalue weighted by molar-refractivity contribution is 6.36. The van der Waals surface area contributed by atoms with Crippen LogP contribution in [-0.4, -0.2) is 30.8 Å². The SMILES string of the molecule is O=[N+]([O-])c1cc2c(c3cn[nH]c13)NC=C(c1cnc[nH]1)N=C2c1ccccc1Cl. The van der Waals surface area contributed by atoms with E-state index in [2.05, 4.69) is 25.5 Å². The Bertz CT molecular complexity index is 1320. The number of aliphatic imine (C=N–C) groups is 1. The van der Waals surface area contributed by atoms with Crippen molar-refractivity contribution in [2.75, 3.05) is 5.32 Å². The first-order valence-corrected chi connectivity index (χ1v) is 8.95. The summed E-state index contributed by atoms with van der Waals surface area (Å²) >= 11 is 6.46. The van der Waals surface area contributed by atoms with Crippen molar-refractivity contribution in [3.63, 3.8) is 0 Å². The van der Waals surface area contributed by atoms with Gasteiger partial charge in [0.25, 0.3) is 5.69 Å². The average Bonchev–Trinajstić information content (AvgIpc) is 3.38. The van der Waals surface area contributed by atoms with Crippen molar-refractivity contribution < 1.29 is 4.92 Å². The van der Waals surface area contributed by atoms with Crippen molar-refractivity contribution in [2.45, 2.75) is 0 Å². The second-order valence-corrected chi connectivity index (χ2v) is 6.72. The highest BCUT2D eigenvalue weighted by Gasteiger charge is 2.26. The van der Waals surface area contributed by atoms with Gasteiger partial charge in [-0.2, -0.15) is 5.10 Å². The van der Waals surface area contributed by atoms with Gasteiger partial charge in [0.1, 0.15) is 11.2 Å². The van der Waals surface area contributed by atoms with Gasteiger partial charge in [0, 0.05) is 28.4 Å². The van der Waals surface area contributed by atoms with E-state index in [0.29, 0.717) is 49.8 Å². The third-order valence-corrected chi connectivity index (χ3v) is 4.99. The molecule has 0 radical (unpaired) electrons. The van der Waals surface area contributed by atoms with E-state index >= 15 is 0 Å². The van der Waals surface area contributed by atoms with E-state index in [9.17, 15) is 10.1 Å².